The van der Waals surface area contributed by atoms with Gasteiger partial charge in [-0.05, 0) is 0 Å². The lowest BCUT2D eigenvalue weighted by Crippen LogP contribution is -2.39. The maximum Gasteiger partial charge on any atom is 0.327 e. The first kappa shape index (κ1) is 10.4. The van der Waals surface area contributed by atoms with Crippen LogP contribution >= 0.6 is 0 Å². The summed E-state index contributed by atoms with van der Waals surface area (Å²) in [5, 5.41) is 0. The van der Waals surface area contributed by atoms with Crippen LogP contribution in [0.25, 0.3) is 0 Å². The zero-order valence-corrected chi connectivity index (χ0v) is 9.06. The number of hydrogen-bond donors (Lipinski definition) is 0. The van der Waals surface area contributed by atoms with Gasteiger partial charge in [0.05, 0.1) is 13.2 Å². The van der Waals surface area contributed by atoms with Gasteiger partial charge in [0, 0.05) is 45.6 Å². The van der Waals surface area contributed by atoms with Crippen LogP contribution < -0.4 is 5.69 Å². The summed E-state index contributed by atoms with van der Waals surface area (Å²) in [4.78, 5) is 13.8. The van der Waals surface area contributed by atoms with Crippen molar-refractivity contribution in [3.8, 4) is 0 Å². The summed E-state index contributed by atoms with van der Waals surface area (Å²) in [6, 6.07) is 0. The Kier molecular flexibility index (Phi) is 3.23. The van der Waals surface area contributed by atoms with Gasteiger partial charge in [0.25, 0.3) is 0 Å². The lowest BCUT2D eigenvalue weighted by molar-refractivity contribution is 0.0363. The Bertz CT molecular complexity index is 363. The van der Waals surface area contributed by atoms with Gasteiger partial charge in [-0.2, -0.15) is 0 Å². The van der Waals surface area contributed by atoms with Crippen molar-refractivity contribution in [1.82, 2.24) is 14.0 Å². The monoisotopic (exact) mass is 211 g/mol. The molecular weight excluding hydrogens is 194 g/mol. The van der Waals surface area contributed by atoms with E-state index in [4.69, 9.17) is 4.74 Å². The quantitative estimate of drug-likeness (QED) is 0.678. The first-order valence-electron chi connectivity index (χ1n) is 5.29. The molecule has 0 radical (unpaired) electrons. The molecule has 1 aliphatic heterocycles. The molecule has 15 heavy (non-hydrogen) atoms. The van der Waals surface area contributed by atoms with Crippen LogP contribution in [0.15, 0.2) is 17.2 Å². The first-order valence-corrected chi connectivity index (χ1v) is 5.29. The van der Waals surface area contributed by atoms with Gasteiger partial charge in [0.15, 0.2) is 0 Å². The largest absolute Gasteiger partial charge is 0.379 e. The maximum absolute atomic E-state index is 11.5. The number of aryl methyl sites for hydroxylation is 1. The van der Waals surface area contributed by atoms with E-state index >= 15 is 0 Å². The highest BCUT2D eigenvalue weighted by Gasteiger charge is 2.10. The molecule has 0 N–H and O–H groups in total. The van der Waals surface area contributed by atoms with Gasteiger partial charge in [0.2, 0.25) is 0 Å². The van der Waals surface area contributed by atoms with Crippen LogP contribution in [0.1, 0.15) is 0 Å². The summed E-state index contributed by atoms with van der Waals surface area (Å²) in [5.41, 5.74) is 0.0586. The predicted molar refractivity (Wildman–Crippen MR) is 56.9 cm³/mol. The minimum absolute atomic E-state index is 0.0586. The number of morpholine rings is 1. The van der Waals surface area contributed by atoms with E-state index in [2.05, 4.69) is 4.90 Å². The van der Waals surface area contributed by atoms with Gasteiger partial charge in [-0.3, -0.25) is 9.47 Å². The van der Waals surface area contributed by atoms with Gasteiger partial charge in [-0.15, -0.1) is 0 Å². The molecule has 0 aliphatic carbocycles. The Morgan fingerprint density at radius 1 is 1.27 bits per heavy atom. The number of rotatable bonds is 3. The van der Waals surface area contributed by atoms with Crippen LogP contribution in [0.4, 0.5) is 0 Å². The standard InChI is InChI=1S/C10H17N3O2/c1-11-2-4-13(10(11)14)5-3-12-6-8-15-9-7-12/h2,4H,3,5-9H2,1H3. The van der Waals surface area contributed by atoms with Gasteiger partial charge in [0.1, 0.15) is 0 Å². The second-order valence-corrected chi connectivity index (χ2v) is 3.84. The molecule has 0 saturated carbocycles. The van der Waals surface area contributed by atoms with E-state index in [0.29, 0.717) is 0 Å². The number of hydrogen-bond acceptors (Lipinski definition) is 3. The molecule has 0 amide bonds. The van der Waals surface area contributed by atoms with Crippen molar-refractivity contribution in [2.45, 2.75) is 6.54 Å². The molecule has 0 unspecified atom stereocenters. The van der Waals surface area contributed by atoms with Gasteiger partial charge in [-0.25, -0.2) is 4.79 Å². The summed E-state index contributed by atoms with van der Waals surface area (Å²) >= 11 is 0. The molecule has 0 spiro atoms. The fraction of sp³-hybridized carbons (Fsp3) is 0.700. The van der Waals surface area contributed by atoms with E-state index < -0.39 is 0 Å². The molecule has 1 aromatic rings. The summed E-state index contributed by atoms with van der Waals surface area (Å²) in [6.45, 7) is 5.25. The second kappa shape index (κ2) is 4.63. The molecule has 5 heteroatoms. The van der Waals surface area contributed by atoms with Crippen LogP contribution in [0.5, 0.6) is 0 Å². The minimum atomic E-state index is 0.0586. The van der Waals surface area contributed by atoms with Gasteiger partial charge in [-0.1, -0.05) is 0 Å². The highest BCUT2D eigenvalue weighted by molar-refractivity contribution is 4.80. The third-order valence-corrected chi connectivity index (χ3v) is 2.78. The maximum atomic E-state index is 11.5. The normalized spacial score (nSPS) is 18.2. The summed E-state index contributed by atoms with van der Waals surface area (Å²) in [7, 11) is 1.77. The Hall–Kier alpha value is -1.07. The SMILES string of the molecule is Cn1ccn(CCN2CCOCC2)c1=O. The van der Waals surface area contributed by atoms with E-state index in [0.717, 1.165) is 39.4 Å². The average Bonchev–Trinajstić information content (AvgIpc) is 2.59. The van der Waals surface area contributed by atoms with Crippen molar-refractivity contribution in [2.75, 3.05) is 32.8 Å². The Labute approximate surface area is 88.9 Å². The number of ether oxygens (including phenoxy) is 1. The van der Waals surface area contributed by atoms with Crippen molar-refractivity contribution in [3.63, 3.8) is 0 Å². The summed E-state index contributed by atoms with van der Waals surface area (Å²) < 4.78 is 8.61. The van der Waals surface area contributed by atoms with Crippen LogP contribution in [0, 0.1) is 0 Å². The van der Waals surface area contributed by atoms with Gasteiger partial charge < -0.3 is 9.30 Å². The van der Waals surface area contributed by atoms with Crippen LogP contribution in [0.2, 0.25) is 0 Å². The number of nitrogens with zero attached hydrogens (tertiary/aromatic N) is 3. The molecule has 0 atom stereocenters. The molecule has 1 aromatic heterocycles. The molecule has 1 aliphatic rings. The predicted octanol–water partition coefficient (Wildman–Crippen LogP) is -0.481. The Morgan fingerprint density at radius 3 is 2.60 bits per heavy atom. The molecule has 84 valence electrons. The van der Waals surface area contributed by atoms with Crippen LogP contribution in [-0.2, 0) is 18.3 Å². The van der Waals surface area contributed by atoms with Gasteiger partial charge >= 0.3 is 5.69 Å². The molecule has 0 bridgehead atoms. The molecular formula is C10H17N3O2. The second-order valence-electron chi connectivity index (χ2n) is 3.84. The van der Waals surface area contributed by atoms with Crippen molar-refractivity contribution >= 4 is 0 Å². The smallest absolute Gasteiger partial charge is 0.327 e. The lowest BCUT2D eigenvalue weighted by atomic mass is 10.4. The Balaban J connectivity index is 1.87. The molecule has 0 aromatic carbocycles. The zero-order chi connectivity index (χ0) is 10.7. The molecule has 5 nitrogen and oxygen atoms in total. The number of imidazole rings is 1. The highest BCUT2D eigenvalue weighted by Crippen LogP contribution is 1.96. The van der Waals surface area contributed by atoms with Crippen molar-refractivity contribution in [3.05, 3.63) is 22.9 Å². The molecule has 1 saturated heterocycles. The fourth-order valence-electron chi connectivity index (χ4n) is 1.75. The molecule has 2 heterocycles. The van der Waals surface area contributed by atoms with Crippen LogP contribution in [-0.4, -0.2) is 46.9 Å². The topological polar surface area (TPSA) is 39.4 Å². The summed E-state index contributed by atoms with van der Waals surface area (Å²) in [6.07, 6.45) is 3.63. The first-order chi connectivity index (χ1) is 7.27. The van der Waals surface area contributed by atoms with Crippen molar-refractivity contribution in [2.24, 2.45) is 7.05 Å². The van der Waals surface area contributed by atoms with E-state index in [9.17, 15) is 4.79 Å². The third-order valence-electron chi connectivity index (χ3n) is 2.78. The van der Waals surface area contributed by atoms with Crippen LogP contribution in [0.3, 0.4) is 0 Å². The van der Waals surface area contributed by atoms with E-state index in [-0.39, 0.29) is 5.69 Å². The van der Waals surface area contributed by atoms with E-state index in [1.165, 1.54) is 0 Å². The number of aromatic nitrogens is 2. The summed E-state index contributed by atoms with van der Waals surface area (Å²) in [5.74, 6) is 0. The average molecular weight is 211 g/mol. The fourth-order valence-corrected chi connectivity index (χ4v) is 1.75. The minimum Gasteiger partial charge on any atom is -0.379 e. The lowest BCUT2D eigenvalue weighted by Gasteiger charge is -2.26. The highest BCUT2D eigenvalue weighted by atomic mass is 16.5. The zero-order valence-electron chi connectivity index (χ0n) is 9.06. The molecule has 2 rings (SSSR count). The van der Waals surface area contributed by atoms with E-state index in [1.54, 1.807) is 22.4 Å². The third kappa shape index (κ3) is 2.49. The Morgan fingerprint density at radius 2 is 2.00 bits per heavy atom. The van der Waals surface area contributed by atoms with E-state index in [1.807, 2.05) is 6.20 Å². The molecule has 1 fully saturated rings. The van der Waals surface area contributed by atoms with Crippen molar-refractivity contribution < 1.29 is 4.74 Å². The van der Waals surface area contributed by atoms with Crippen molar-refractivity contribution in [1.29, 1.82) is 0 Å².